The van der Waals surface area contributed by atoms with E-state index in [0.717, 1.165) is 30.8 Å². The second kappa shape index (κ2) is 4.74. The van der Waals surface area contributed by atoms with Crippen molar-refractivity contribution in [1.82, 2.24) is 0 Å². The van der Waals surface area contributed by atoms with Crippen LogP contribution in [0.25, 0.3) is 0 Å². The van der Waals surface area contributed by atoms with Crippen molar-refractivity contribution in [3.8, 4) is 0 Å². The van der Waals surface area contributed by atoms with Gasteiger partial charge in [0, 0.05) is 12.6 Å². The Hall–Kier alpha value is -1.22. The quantitative estimate of drug-likeness (QED) is 0.767. The number of nitrogens with two attached hydrogens (primary N) is 1. The SMILES string of the molecule is CCOC1CC(Nc2ccc(C)cc2N)C1. The van der Waals surface area contributed by atoms with E-state index >= 15 is 0 Å². The van der Waals surface area contributed by atoms with Gasteiger partial charge in [0.15, 0.2) is 0 Å². The van der Waals surface area contributed by atoms with Gasteiger partial charge in [0.05, 0.1) is 17.5 Å². The summed E-state index contributed by atoms with van der Waals surface area (Å²) in [5, 5.41) is 3.46. The molecule has 3 nitrogen and oxygen atoms in total. The first-order chi connectivity index (χ1) is 7.69. The second-order valence-corrected chi connectivity index (χ2v) is 4.48. The van der Waals surface area contributed by atoms with Gasteiger partial charge in [-0.2, -0.15) is 0 Å². The lowest BCUT2D eigenvalue weighted by Gasteiger charge is -2.36. The molecule has 1 aromatic carbocycles. The Balaban J connectivity index is 1.87. The average Bonchev–Trinajstić information content (AvgIpc) is 2.18. The van der Waals surface area contributed by atoms with Crippen LogP contribution in [0.1, 0.15) is 25.3 Å². The molecule has 1 aromatic rings. The molecule has 3 N–H and O–H groups in total. The first-order valence-electron chi connectivity index (χ1n) is 5.93. The van der Waals surface area contributed by atoms with Gasteiger partial charge < -0.3 is 15.8 Å². The number of aryl methyl sites for hydroxylation is 1. The minimum absolute atomic E-state index is 0.439. The molecule has 2 rings (SSSR count). The standard InChI is InChI=1S/C13H20N2O/c1-3-16-11-7-10(8-11)15-13-5-4-9(2)6-12(13)14/h4-6,10-11,15H,3,7-8,14H2,1-2H3. The summed E-state index contributed by atoms with van der Waals surface area (Å²) in [5.74, 6) is 0. The molecule has 1 fully saturated rings. The van der Waals surface area contributed by atoms with E-state index in [0.29, 0.717) is 12.1 Å². The Bertz CT molecular complexity index is 359. The monoisotopic (exact) mass is 220 g/mol. The fourth-order valence-corrected chi connectivity index (χ4v) is 2.09. The van der Waals surface area contributed by atoms with Crippen LogP contribution >= 0.6 is 0 Å². The predicted octanol–water partition coefficient (Wildman–Crippen LogP) is 2.56. The number of ether oxygens (including phenoxy) is 1. The van der Waals surface area contributed by atoms with Crippen LogP contribution < -0.4 is 11.1 Å². The van der Waals surface area contributed by atoms with Crippen molar-refractivity contribution < 1.29 is 4.74 Å². The van der Waals surface area contributed by atoms with Gasteiger partial charge in [0.2, 0.25) is 0 Å². The summed E-state index contributed by atoms with van der Waals surface area (Å²) < 4.78 is 5.52. The third-order valence-corrected chi connectivity index (χ3v) is 3.06. The number of nitrogen functional groups attached to an aromatic ring is 1. The summed E-state index contributed by atoms with van der Waals surface area (Å²) in [6, 6.07) is 6.65. The first-order valence-corrected chi connectivity index (χ1v) is 5.93. The zero-order valence-electron chi connectivity index (χ0n) is 9.99. The highest BCUT2D eigenvalue weighted by Crippen LogP contribution is 2.29. The molecular formula is C13H20N2O. The van der Waals surface area contributed by atoms with Crippen molar-refractivity contribution >= 4 is 11.4 Å². The van der Waals surface area contributed by atoms with Gasteiger partial charge in [-0.25, -0.2) is 0 Å². The average molecular weight is 220 g/mol. The summed E-state index contributed by atoms with van der Waals surface area (Å²) in [4.78, 5) is 0. The lowest BCUT2D eigenvalue weighted by atomic mass is 9.89. The van der Waals surface area contributed by atoms with Gasteiger partial charge in [0.25, 0.3) is 0 Å². The van der Waals surface area contributed by atoms with Gasteiger partial charge >= 0.3 is 0 Å². The van der Waals surface area contributed by atoms with Gasteiger partial charge in [-0.05, 0) is 44.4 Å². The van der Waals surface area contributed by atoms with Gasteiger partial charge in [-0.1, -0.05) is 6.07 Å². The zero-order chi connectivity index (χ0) is 11.5. The topological polar surface area (TPSA) is 47.3 Å². The van der Waals surface area contributed by atoms with Crippen molar-refractivity contribution in [3.63, 3.8) is 0 Å². The lowest BCUT2D eigenvalue weighted by molar-refractivity contribution is 0.00300. The zero-order valence-corrected chi connectivity index (χ0v) is 9.99. The number of anilines is 2. The number of benzene rings is 1. The summed E-state index contributed by atoms with van der Waals surface area (Å²) >= 11 is 0. The van der Waals surface area contributed by atoms with Crippen LogP contribution in [-0.4, -0.2) is 18.8 Å². The minimum Gasteiger partial charge on any atom is -0.397 e. The van der Waals surface area contributed by atoms with E-state index in [4.69, 9.17) is 10.5 Å². The van der Waals surface area contributed by atoms with Crippen LogP contribution in [0.5, 0.6) is 0 Å². The van der Waals surface area contributed by atoms with E-state index in [2.05, 4.69) is 24.4 Å². The van der Waals surface area contributed by atoms with Crippen LogP contribution in [0.2, 0.25) is 0 Å². The van der Waals surface area contributed by atoms with Crippen LogP contribution in [0.4, 0.5) is 11.4 Å². The molecule has 0 radical (unpaired) electrons. The van der Waals surface area contributed by atoms with Crippen LogP contribution in [0.15, 0.2) is 18.2 Å². The molecule has 0 bridgehead atoms. The molecular weight excluding hydrogens is 200 g/mol. The molecule has 88 valence electrons. The molecule has 1 saturated carbocycles. The summed E-state index contributed by atoms with van der Waals surface area (Å²) in [7, 11) is 0. The highest BCUT2D eigenvalue weighted by Gasteiger charge is 2.29. The smallest absolute Gasteiger partial charge is 0.0614 e. The van der Waals surface area contributed by atoms with Gasteiger partial charge in [-0.3, -0.25) is 0 Å². The summed E-state index contributed by atoms with van der Waals surface area (Å²) in [6.45, 7) is 4.90. The van der Waals surface area contributed by atoms with E-state index in [1.807, 2.05) is 13.0 Å². The van der Waals surface area contributed by atoms with Crippen LogP contribution in [-0.2, 0) is 4.74 Å². The maximum atomic E-state index is 5.95. The fourth-order valence-electron chi connectivity index (χ4n) is 2.09. The molecule has 1 aliphatic carbocycles. The number of hydrogen-bond donors (Lipinski definition) is 2. The lowest BCUT2D eigenvalue weighted by Crippen LogP contribution is -2.40. The third-order valence-electron chi connectivity index (χ3n) is 3.06. The first kappa shape index (κ1) is 11.3. The molecule has 0 aliphatic heterocycles. The van der Waals surface area contributed by atoms with E-state index in [-0.39, 0.29) is 0 Å². The van der Waals surface area contributed by atoms with Crippen LogP contribution in [0.3, 0.4) is 0 Å². The molecule has 0 amide bonds. The summed E-state index contributed by atoms with van der Waals surface area (Å²) in [5.41, 5.74) is 9.03. The highest BCUT2D eigenvalue weighted by atomic mass is 16.5. The van der Waals surface area contributed by atoms with Gasteiger partial charge in [0.1, 0.15) is 0 Å². The number of hydrogen-bond acceptors (Lipinski definition) is 3. The van der Waals surface area contributed by atoms with Crippen molar-refractivity contribution in [1.29, 1.82) is 0 Å². The minimum atomic E-state index is 0.439. The molecule has 0 aromatic heterocycles. The van der Waals surface area contributed by atoms with Crippen molar-refractivity contribution in [2.24, 2.45) is 0 Å². The van der Waals surface area contributed by atoms with E-state index in [9.17, 15) is 0 Å². The maximum Gasteiger partial charge on any atom is 0.0614 e. The van der Waals surface area contributed by atoms with Crippen LogP contribution in [0, 0.1) is 6.92 Å². The van der Waals surface area contributed by atoms with E-state index in [1.165, 1.54) is 5.56 Å². The molecule has 0 spiro atoms. The largest absolute Gasteiger partial charge is 0.397 e. The Labute approximate surface area is 97.0 Å². The number of nitrogens with one attached hydrogen (secondary N) is 1. The molecule has 3 heteroatoms. The van der Waals surface area contributed by atoms with Gasteiger partial charge in [-0.15, -0.1) is 0 Å². The van der Waals surface area contributed by atoms with E-state index < -0.39 is 0 Å². The van der Waals surface area contributed by atoms with Crippen molar-refractivity contribution in [2.75, 3.05) is 17.7 Å². The fraction of sp³-hybridized carbons (Fsp3) is 0.538. The maximum absolute atomic E-state index is 5.95. The Kier molecular flexibility index (Phi) is 3.34. The highest BCUT2D eigenvalue weighted by molar-refractivity contribution is 5.67. The van der Waals surface area contributed by atoms with Crippen molar-refractivity contribution in [3.05, 3.63) is 23.8 Å². The summed E-state index contributed by atoms with van der Waals surface area (Å²) in [6.07, 6.45) is 2.61. The second-order valence-electron chi connectivity index (χ2n) is 4.48. The molecule has 16 heavy (non-hydrogen) atoms. The molecule has 0 saturated heterocycles. The Morgan fingerprint density at radius 1 is 1.44 bits per heavy atom. The molecule has 1 aliphatic rings. The third kappa shape index (κ3) is 2.47. The Morgan fingerprint density at radius 3 is 2.81 bits per heavy atom. The molecule has 0 atom stereocenters. The molecule has 0 heterocycles. The Morgan fingerprint density at radius 2 is 2.19 bits per heavy atom. The van der Waals surface area contributed by atoms with E-state index in [1.54, 1.807) is 0 Å². The molecule has 0 unspecified atom stereocenters. The predicted molar refractivity (Wildman–Crippen MR) is 67.7 cm³/mol. The van der Waals surface area contributed by atoms with Crippen molar-refractivity contribution in [2.45, 2.75) is 38.8 Å². The normalized spacial score (nSPS) is 23.9. The number of rotatable bonds is 4.